The van der Waals surface area contributed by atoms with E-state index in [-0.39, 0.29) is 17.4 Å². The number of hydrogen-bond donors (Lipinski definition) is 1. The van der Waals surface area contributed by atoms with E-state index >= 15 is 0 Å². The fourth-order valence-corrected chi connectivity index (χ4v) is 7.19. The Labute approximate surface area is 208 Å². The second-order valence-electron chi connectivity index (χ2n) is 11.2. The number of rotatable bonds is 6. The first-order valence-electron chi connectivity index (χ1n) is 13.3. The summed E-state index contributed by atoms with van der Waals surface area (Å²) in [7, 11) is 1.71. The Morgan fingerprint density at radius 1 is 1.11 bits per heavy atom. The number of fused-ring (bicyclic) bond motifs is 1. The van der Waals surface area contributed by atoms with Crippen molar-refractivity contribution in [2.24, 2.45) is 5.92 Å². The Balaban J connectivity index is 1.30. The van der Waals surface area contributed by atoms with Crippen molar-refractivity contribution in [3.8, 4) is 5.75 Å². The van der Waals surface area contributed by atoms with Crippen LogP contribution in [0, 0.1) is 5.92 Å². The molecule has 186 valence electrons. The lowest BCUT2D eigenvalue weighted by atomic mass is 9.52. The zero-order chi connectivity index (χ0) is 24.0. The molecule has 1 aromatic heterocycles. The Morgan fingerprint density at radius 2 is 1.89 bits per heavy atom. The van der Waals surface area contributed by atoms with Gasteiger partial charge < -0.3 is 14.7 Å². The van der Waals surface area contributed by atoms with E-state index in [1.165, 1.54) is 24.0 Å². The van der Waals surface area contributed by atoms with Crippen molar-refractivity contribution in [3.05, 3.63) is 59.4 Å². The number of likely N-dealkylation sites (tertiary alicyclic amines) is 2. The smallest absolute Gasteiger partial charge is 0.222 e. The number of aryl methyl sites for hydroxylation is 1. The van der Waals surface area contributed by atoms with Crippen LogP contribution >= 0.6 is 0 Å². The number of aromatic nitrogens is 1. The second kappa shape index (κ2) is 8.90. The molecular weight excluding hydrogens is 438 g/mol. The summed E-state index contributed by atoms with van der Waals surface area (Å²) in [6.45, 7) is 3.45. The molecule has 1 saturated carbocycles. The monoisotopic (exact) mass is 475 g/mol. The van der Waals surface area contributed by atoms with Gasteiger partial charge in [0.1, 0.15) is 5.75 Å². The number of pyridine rings is 1. The molecule has 2 aliphatic carbocycles. The Hall–Kier alpha value is -2.44. The summed E-state index contributed by atoms with van der Waals surface area (Å²) < 4.78 is 5.61. The number of ether oxygens (including phenoxy) is 1. The first-order valence-corrected chi connectivity index (χ1v) is 13.3. The van der Waals surface area contributed by atoms with Gasteiger partial charge in [0.25, 0.3) is 0 Å². The van der Waals surface area contributed by atoms with Crippen molar-refractivity contribution in [2.45, 2.75) is 68.4 Å². The van der Waals surface area contributed by atoms with Crippen LogP contribution in [0.1, 0.15) is 55.2 Å². The van der Waals surface area contributed by atoms with Gasteiger partial charge in [-0.05, 0) is 98.4 Å². The second-order valence-corrected chi connectivity index (χ2v) is 11.2. The summed E-state index contributed by atoms with van der Waals surface area (Å²) in [5, 5.41) is 12.6. The standard InChI is InChI=1S/C29H37N3O3/c1-35-24-6-5-23-18-26-29(34)12-17-31(27(33)7-4-21-8-13-30-14-9-21)15-10-28(29,25(23)19-24)11-16-32(26)20-22-2-3-22/h5-6,8-9,13-14,19,22,26,34H,2-4,7,10-12,15-18,20H2,1H3/t26-,28+,29-/m1/s1. The van der Waals surface area contributed by atoms with Gasteiger partial charge in [-0.3, -0.25) is 14.7 Å². The highest BCUT2D eigenvalue weighted by molar-refractivity contribution is 5.76. The highest BCUT2D eigenvalue weighted by atomic mass is 16.5. The van der Waals surface area contributed by atoms with Crippen LogP contribution in [0.25, 0.3) is 0 Å². The molecule has 2 aromatic rings. The number of carbonyl (C=O) groups excluding carboxylic acids is 1. The third kappa shape index (κ3) is 3.95. The molecule has 1 aromatic carbocycles. The van der Waals surface area contributed by atoms with E-state index in [0.29, 0.717) is 25.9 Å². The zero-order valence-corrected chi connectivity index (χ0v) is 20.8. The van der Waals surface area contributed by atoms with E-state index in [0.717, 1.165) is 56.0 Å². The summed E-state index contributed by atoms with van der Waals surface area (Å²) in [4.78, 5) is 22.0. The summed E-state index contributed by atoms with van der Waals surface area (Å²) in [5.74, 6) is 1.84. The molecule has 2 aliphatic heterocycles. The van der Waals surface area contributed by atoms with Gasteiger partial charge in [-0.2, -0.15) is 0 Å². The van der Waals surface area contributed by atoms with Gasteiger partial charge in [-0.25, -0.2) is 0 Å². The maximum absolute atomic E-state index is 13.3. The van der Waals surface area contributed by atoms with Crippen LogP contribution in [0.3, 0.4) is 0 Å². The molecule has 1 amide bonds. The van der Waals surface area contributed by atoms with Gasteiger partial charge in [0, 0.05) is 49.9 Å². The van der Waals surface area contributed by atoms with Crippen LogP contribution in [0.2, 0.25) is 0 Å². The normalized spacial score (nSPS) is 30.2. The Bertz CT molecular complexity index is 1090. The number of amides is 1. The van der Waals surface area contributed by atoms with Crippen molar-refractivity contribution < 1.29 is 14.6 Å². The summed E-state index contributed by atoms with van der Waals surface area (Å²) in [6, 6.07) is 10.5. The fourth-order valence-electron chi connectivity index (χ4n) is 7.19. The largest absolute Gasteiger partial charge is 0.497 e. The van der Waals surface area contributed by atoms with E-state index in [1.54, 1.807) is 19.5 Å². The highest BCUT2D eigenvalue weighted by Crippen LogP contribution is 2.56. The molecule has 3 heterocycles. The van der Waals surface area contributed by atoms with Crippen molar-refractivity contribution in [1.82, 2.24) is 14.8 Å². The van der Waals surface area contributed by atoms with Crippen molar-refractivity contribution in [1.29, 1.82) is 0 Å². The Morgan fingerprint density at radius 3 is 2.66 bits per heavy atom. The van der Waals surface area contributed by atoms with Crippen LogP contribution in [0.4, 0.5) is 0 Å². The number of aliphatic hydroxyl groups is 1. The van der Waals surface area contributed by atoms with E-state index in [4.69, 9.17) is 4.74 Å². The Kier molecular flexibility index (Phi) is 5.84. The average molecular weight is 476 g/mol. The molecule has 0 unspecified atom stereocenters. The molecule has 2 saturated heterocycles. The average Bonchev–Trinajstić information content (AvgIpc) is 3.71. The number of benzene rings is 1. The highest BCUT2D eigenvalue weighted by Gasteiger charge is 2.63. The van der Waals surface area contributed by atoms with Crippen LogP contribution in [0.5, 0.6) is 5.75 Å². The van der Waals surface area contributed by atoms with Crippen molar-refractivity contribution in [2.75, 3.05) is 33.3 Å². The lowest BCUT2D eigenvalue weighted by molar-refractivity contribution is -0.149. The molecule has 0 radical (unpaired) electrons. The SMILES string of the molecule is COc1ccc2c(c1)[C@@]13CCN(C(=O)CCc4ccncc4)CC[C@@]1(O)[C@@H](C2)N(CC1CC1)CC3. The quantitative estimate of drug-likeness (QED) is 0.694. The van der Waals surface area contributed by atoms with E-state index in [2.05, 4.69) is 28.1 Å². The minimum atomic E-state index is -0.834. The van der Waals surface area contributed by atoms with Gasteiger partial charge in [-0.15, -0.1) is 0 Å². The minimum absolute atomic E-state index is 0.115. The van der Waals surface area contributed by atoms with Gasteiger partial charge in [0.2, 0.25) is 5.91 Å². The topological polar surface area (TPSA) is 65.9 Å². The lowest BCUT2D eigenvalue weighted by Crippen LogP contribution is -2.71. The van der Waals surface area contributed by atoms with Gasteiger partial charge in [0.05, 0.1) is 12.7 Å². The molecule has 35 heavy (non-hydrogen) atoms. The predicted octanol–water partition coefficient (Wildman–Crippen LogP) is 3.35. The molecule has 6 rings (SSSR count). The number of piperidine rings is 1. The molecule has 2 bridgehead atoms. The number of hydrogen-bond acceptors (Lipinski definition) is 5. The molecule has 3 atom stereocenters. The first kappa shape index (κ1) is 23.0. The molecular formula is C29H37N3O3. The molecule has 0 spiro atoms. The zero-order valence-electron chi connectivity index (χ0n) is 20.8. The van der Waals surface area contributed by atoms with E-state index in [1.807, 2.05) is 17.0 Å². The van der Waals surface area contributed by atoms with Crippen molar-refractivity contribution >= 4 is 5.91 Å². The first-order chi connectivity index (χ1) is 17.0. The predicted molar refractivity (Wildman–Crippen MR) is 134 cm³/mol. The molecule has 6 nitrogen and oxygen atoms in total. The van der Waals surface area contributed by atoms with Crippen molar-refractivity contribution in [3.63, 3.8) is 0 Å². The van der Waals surface area contributed by atoms with Gasteiger partial charge >= 0.3 is 0 Å². The fraction of sp³-hybridized carbons (Fsp3) is 0.586. The number of carbonyl (C=O) groups is 1. The summed E-state index contributed by atoms with van der Waals surface area (Å²) in [6.07, 6.45) is 10.7. The summed E-state index contributed by atoms with van der Waals surface area (Å²) in [5.41, 5.74) is 2.58. The molecule has 3 fully saturated rings. The van der Waals surface area contributed by atoms with Gasteiger partial charge in [-0.1, -0.05) is 6.07 Å². The number of nitrogens with zero attached hydrogens (tertiary/aromatic N) is 3. The van der Waals surface area contributed by atoms with Crippen LogP contribution in [0.15, 0.2) is 42.7 Å². The third-order valence-corrected chi connectivity index (χ3v) is 9.38. The van der Waals surface area contributed by atoms with Crippen LogP contribution in [-0.2, 0) is 23.1 Å². The maximum atomic E-state index is 13.3. The van der Waals surface area contributed by atoms with Crippen LogP contribution < -0.4 is 4.74 Å². The molecule has 4 aliphatic rings. The number of methoxy groups -OCH3 is 1. The van der Waals surface area contributed by atoms with E-state index in [9.17, 15) is 9.90 Å². The summed E-state index contributed by atoms with van der Waals surface area (Å²) >= 11 is 0. The van der Waals surface area contributed by atoms with Gasteiger partial charge in [0.15, 0.2) is 0 Å². The molecule has 1 N–H and O–H groups in total. The van der Waals surface area contributed by atoms with E-state index < -0.39 is 5.60 Å². The van der Waals surface area contributed by atoms with Crippen LogP contribution in [-0.4, -0.2) is 70.7 Å². The maximum Gasteiger partial charge on any atom is 0.222 e. The molecule has 6 heteroatoms. The third-order valence-electron chi connectivity index (χ3n) is 9.38. The minimum Gasteiger partial charge on any atom is -0.497 e. The lowest BCUT2D eigenvalue weighted by Gasteiger charge is -2.61.